The Balaban J connectivity index is 2.65. The van der Waals surface area contributed by atoms with Gasteiger partial charge in [-0.3, -0.25) is 4.79 Å². The van der Waals surface area contributed by atoms with Crippen LogP contribution in [0.5, 0.6) is 0 Å². The molecule has 100 valence electrons. The molecule has 7 heteroatoms. The SMILES string of the molecule is CON(C)CCC(=O)Nc1c(Cl)cc(N)cc1Cl. The van der Waals surface area contributed by atoms with E-state index in [4.69, 9.17) is 33.8 Å². The van der Waals surface area contributed by atoms with Crippen LogP contribution in [-0.2, 0) is 9.63 Å². The minimum absolute atomic E-state index is 0.201. The first-order valence-electron chi connectivity index (χ1n) is 5.23. The molecule has 0 bridgehead atoms. The van der Waals surface area contributed by atoms with E-state index in [9.17, 15) is 4.79 Å². The largest absolute Gasteiger partial charge is 0.399 e. The zero-order chi connectivity index (χ0) is 13.7. The maximum absolute atomic E-state index is 11.7. The van der Waals surface area contributed by atoms with Crippen LogP contribution in [0.25, 0.3) is 0 Å². The molecule has 0 atom stereocenters. The van der Waals surface area contributed by atoms with Crippen LogP contribution in [0.2, 0.25) is 10.0 Å². The Bertz CT molecular complexity index is 417. The molecule has 0 aromatic heterocycles. The van der Waals surface area contributed by atoms with Crippen molar-refractivity contribution in [3.8, 4) is 0 Å². The van der Waals surface area contributed by atoms with Gasteiger partial charge in [-0.2, -0.15) is 5.06 Å². The second-order valence-electron chi connectivity index (χ2n) is 3.69. The van der Waals surface area contributed by atoms with Gasteiger partial charge in [0.2, 0.25) is 5.91 Å². The summed E-state index contributed by atoms with van der Waals surface area (Å²) in [6, 6.07) is 3.06. The number of carbonyl (C=O) groups excluding carboxylic acids is 1. The minimum atomic E-state index is -0.201. The molecule has 0 aliphatic heterocycles. The molecule has 1 rings (SSSR count). The standard InChI is InChI=1S/C11H15Cl2N3O2/c1-16(18-2)4-3-10(17)15-11-8(12)5-7(14)6-9(11)13/h5-6H,3-4,14H2,1-2H3,(H,15,17). The van der Waals surface area contributed by atoms with Crippen LogP contribution in [0.3, 0.4) is 0 Å². The fourth-order valence-corrected chi connectivity index (χ4v) is 1.86. The fourth-order valence-electron chi connectivity index (χ4n) is 1.26. The second-order valence-corrected chi connectivity index (χ2v) is 4.51. The summed E-state index contributed by atoms with van der Waals surface area (Å²) in [5.41, 5.74) is 6.39. The van der Waals surface area contributed by atoms with Crippen molar-refractivity contribution in [1.29, 1.82) is 0 Å². The molecule has 0 heterocycles. The van der Waals surface area contributed by atoms with E-state index in [2.05, 4.69) is 5.32 Å². The molecule has 5 nitrogen and oxygen atoms in total. The van der Waals surface area contributed by atoms with Crippen molar-refractivity contribution < 1.29 is 9.63 Å². The first-order valence-corrected chi connectivity index (χ1v) is 5.99. The predicted octanol–water partition coefficient (Wildman–Crippen LogP) is 2.40. The third-order valence-corrected chi connectivity index (χ3v) is 2.89. The quantitative estimate of drug-likeness (QED) is 0.646. The van der Waals surface area contributed by atoms with E-state index in [1.807, 2.05) is 0 Å². The average molecular weight is 292 g/mol. The number of rotatable bonds is 5. The van der Waals surface area contributed by atoms with Crippen molar-refractivity contribution in [2.45, 2.75) is 6.42 Å². The molecule has 0 saturated heterocycles. The molecule has 0 aliphatic carbocycles. The fraction of sp³-hybridized carbons (Fsp3) is 0.364. The van der Waals surface area contributed by atoms with E-state index < -0.39 is 0 Å². The number of anilines is 2. The maximum Gasteiger partial charge on any atom is 0.225 e. The van der Waals surface area contributed by atoms with Gasteiger partial charge in [0.15, 0.2) is 0 Å². The molecule has 0 spiro atoms. The Morgan fingerprint density at radius 3 is 2.50 bits per heavy atom. The highest BCUT2D eigenvalue weighted by Crippen LogP contribution is 2.32. The van der Waals surface area contributed by atoms with E-state index in [1.54, 1.807) is 12.1 Å². The summed E-state index contributed by atoms with van der Waals surface area (Å²) < 4.78 is 0. The van der Waals surface area contributed by atoms with Crippen LogP contribution in [-0.4, -0.2) is 31.7 Å². The van der Waals surface area contributed by atoms with E-state index in [-0.39, 0.29) is 12.3 Å². The zero-order valence-electron chi connectivity index (χ0n) is 10.2. The second kappa shape index (κ2) is 6.80. The number of carbonyl (C=O) groups is 1. The predicted molar refractivity (Wildman–Crippen MR) is 73.8 cm³/mol. The molecule has 0 saturated carbocycles. The van der Waals surface area contributed by atoms with Gasteiger partial charge in [0.25, 0.3) is 0 Å². The lowest BCUT2D eigenvalue weighted by Gasteiger charge is -2.14. The van der Waals surface area contributed by atoms with Gasteiger partial charge < -0.3 is 15.9 Å². The lowest BCUT2D eigenvalue weighted by Crippen LogP contribution is -2.23. The first kappa shape index (κ1) is 15.0. The van der Waals surface area contributed by atoms with Crippen LogP contribution in [0.1, 0.15) is 6.42 Å². The molecule has 0 unspecified atom stereocenters. The Hall–Kier alpha value is -1.01. The number of nitrogens with two attached hydrogens (primary N) is 1. The number of hydrogen-bond donors (Lipinski definition) is 2. The highest BCUT2D eigenvalue weighted by molar-refractivity contribution is 6.40. The number of hydrogen-bond acceptors (Lipinski definition) is 4. The number of nitrogens with zero attached hydrogens (tertiary/aromatic N) is 1. The maximum atomic E-state index is 11.7. The van der Waals surface area contributed by atoms with Gasteiger partial charge in [0, 0.05) is 25.7 Å². The number of halogens is 2. The van der Waals surface area contributed by atoms with E-state index in [1.165, 1.54) is 19.2 Å². The number of amides is 1. The number of benzene rings is 1. The Morgan fingerprint density at radius 2 is 2.00 bits per heavy atom. The number of hydroxylamine groups is 2. The summed E-state index contributed by atoms with van der Waals surface area (Å²) in [6.45, 7) is 0.465. The zero-order valence-corrected chi connectivity index (χ0v) is 11.7. The molecule has 1 aromatic rings. The van der Waals surface area contributed by atoms with Gasteiger partial charge >= 0.3 is 0 Å². The summed E-state index contributed by atoms with van der Waals surface area (Å²) in [7, 11) is 3.27. The molecule has 0 fully saturated rings. The van der Waals surface area contributed by atoms with Gasteiger partial charge in [0.1, 0.15) is 0 Å². The summed E-state index contributed by atoms with van der Waals surface area (Å²) in [6.07, 6.45) is 0.265. The van der Waals surface area contributed by atoms with Gasteiger partial charge in [-0.05, 0) is 12.1 Å². The molecule has 0 aliphatic rings. The van der Waals surface area contributed by atoms with E-state index in [0.29, 0.717) is 28.0 Å². The van der Waals surface area contributed by atoms with E-state index in [0.717, 1.165) is 0 Å². The van der Waals surface area contributed by atoms with Crippen molar-refractivity contribution in [3.05, 3.63) is 22.2 Å². The van der Waals surface area contributed by atoms with Crippen molar-refractivity contribution >= 4 is 40.5 Å². The molecule has 1 aromatic carbocycles. The topological polar surface area (TPSA) is 67.6 Å². The summed E-state index contributed by atoms with van der Waals surface area (Å²) >= 11 is 11.9. The van der Waals surface area contributed by atoms with Crippen LogP contribution in [0.4, 0.5) is 11.4 Å². The van der Waals surface area contributed by atoms with Crippen LogP contribution < -0.4 is 11.1 Å². The highest BCUT2D eigenvalue weighted by Gasteiger charge is 2.11. The minimum Gasteiger partial charge on any atom is -0.399 e. The molecule has 3 N–H and O–H groups in total. The van der Waals surface area contributed by atoms with Crippen LogP contribution >= 0.6 is 23.2 Å². The van der Waals surface area contributed by atoms with Crippen molar-refractivity contribution in [2.75, 3.05) is 31.8 Å². The van der Waals surface area contributed by atoms with Gasteiger partial charge in [-0.15, -0.1) is 0 Å². The molecule has 0 radical (unpaired) electrons. The normalized spacial score (nSPS) is 10.7. The van der Waals surface area contributed by atoms with Crippen LogP contribution in [0, 0.1) is 0 Å². The highest BCUT2D eigenvalue weighted by atomic mass is 35.5. The Labute approximate surface area is 116 Å². The van der Waals surface area contributed by atoms with E-state index >= 15 is 0 Å². The van der Waals surface area contributed by atoms with Crippen molar-refractivity contribution in [2.24, 2.45) is 0 Å². The molecular formula is C11H15Cl2N3O2. The summed E-state index contributed by atoms with van der Waals surface area (Å²) in [4.78, 5) is 16.6. The van der Waals surface area contributed by atoms with Crippen molar-refractivity contribution in [1.82, 2.24) is 5.06 Å². The van der Waals surface area contributed by atoms with Gasteiger partial charge in [0.05, 0.1) is 22.8 Å². The van der Waals surface area contributed by atoms with Crippen LogP contribution in [0.15, 0.2) is 12.1 Å². The molecule has 1 amide bonds. The van der Waals surface area contributed by atoms with Gasteiger partial charge in [-0.25, -0.2) is 0 Å². The third-order valence-electron chi connectivity index (χ3n) is 2.29. The Morgan fingerprint density at radius 1 is 1.44 bits per heavy atom. The smallest absolute Gasteiger partial charge is 0.225 e. The third kappa shape index (κ3) is 4.34. The Kier molecular flexibility index (Phi) is 5.68. The summed E-state index contributed by atoms with van der Waals surface area (Å²) in [5.74, 6) is -0.201. The number of nitrogen functional groups attached to an aromatic ring is 1. The average Bonchev–Trinajstić information content (AvgIpc) is 2.30. The molecular weight excluding hydrogens is 277 g/mol. The number of nitrogens with one attached hydrogen (secondary N) is 1. The molecule has 18 heavy (non-hydrogen) atoms. The summed E-state index contributed by atoms with van der Waals surface area (Å²) in [5, 5.41) is 4.82. The first-order chi connectivity index (χ1) is 8.43. The van der Waals surface area contributed by atoms with Crippen molar-refractivity contribution in [3.63, 3.8) is 0 Å². The lowest BCUT2D eigenvalue weighted by molar-refractivity contribution is -0.126. The monoisotopic (exact) mass is 291 g/mol. The lowest BCUT2D eigenvalue weighted by atomic mass is 10.2. The van der Waals surface area contributed by atoms with Gasteiger partial charge in [-0.1, -0.05) is 23.2 Å².